The summed E-state index contributed by atoms with van der Waals surface area (Å²) >= 11 is 0. The van der Waals surface area contributed by atoms with Crippen molar-refractivity contribution in [3.05, 3.63) is 40.5 Å². The second-order valence-electron chi connectivity index (χ2n) is 5.69. The number of benzene rings is 1. The van der Waals surface area contributed by atoms with Crippen molar-refractivity contribution >= 4 is 23.3 Å². The van der Waals surface area contributed by atoms with E-state index in [4.69, 9.17) is 9.47 Å². The van der Waals surface area contributed by atoms with Crippen LogP contribution in [0.15, 0.2) is 30.4 Å². The summed E-state index contributed by atoms with van der Waals surface area (Å²) in [7, 11) is 1.34. The molecule has 2 rings (SSSR count). The number of non-ortho nitro benzene ring substituents is 1. The molecule has 0 saturated heterocycles. The summed E-state index contributed by atoms with van der Waals surface area (Å²) in [5.74, 6) is -1.01. The molecule has 1 aliphatic carbocycles. The van der Waals surface area contributed by atoms with Crippen LogP contribution in [-0.2, 0) is 14.3 Å². The number of methoxy groups -OCH3 is 1. The second kappa shape index (κ2) is 8.27. The second-order valence-corrected chi connectivity index (χ2v) is 5.69. The molecule has 0 saturated carbocycles. The third-order valence-electron chi connectivity index (χ3n) is 3.92. The summed E-state index contributed by atoms with van der Waals surface area (Å²) < 4.78 is 10.3. The van der Waals surface area contributed by atoms with Gasteiger partial charge in [0, 0.05) is 6.07 Å². The molecule has 8 nitrogen and oxygen atoms in total. The van der Waals surface area contributed by atoms with Gasteiger partial charge < -0.3 is 14.8 Å². The first-order valence-electron chi connectivity index (χ1n) is 7.91. The summed E-state index contributed by atoms with van der Waals surface area (Å²) in [5, 5.41) is 13.3. The molecule has 2 atom stereocenters. The monoisotopic (exact) mass is 348 g/mol. The molecular weight excluding hydrogens is 328 g/mol. The van der Waals surface area contributed by atoms with Gasteiger partial charge in [0.15, 0.2) is 6.10 Å². The first kappa shape index (κ1) is 18.4. The molecule has 0 heterocycles. The van der Waals surface area contributed by atoms with E-state index in [1.807, 2.05) is 12.2 Å². The van der Waals surface area contributed by atoms with Gasteiger partial charge in [-0.05, 0) is 32.3 Å². The summed E-state index contributed by atoms with van der Waals surface area (Å²) in [6.07, 6.45) is 5.10. The van der Waals surface area contributed by atoms with E-state index in [1.165, 1.54) is 32.2 Å². The highest BCUT2D eigenvalue weighted by Gasteiger charge is 2.25. The van der Waals surface area contributed by atoms with E-state index in [-0.39, 0.29) is 23.0 Å². The van der Waals surface area contributed by atoms with Gasteiger partial charge in [-0.25, -0.2) is 0 Å². The van der Waals surface area contributed by atoms with Gasteiger partial charge in [0.05, 0.1) is 29.7 Å². The molecule has 1 aromatic carbocycles. The first-order chi connectivity index (χ1) is 11.9. The smallest absolute Gasteiger partial charge is 0.310 e. The van der Waals surface area contributed by atoms with Crippen LogP contribution in [0.5, 0.6) is 5.75 Å². The van der Waals surface area contributed by atoms with Crippen LogP contribution in [0, 0.1) is 16.0 Å². The Balaban J connectivity index is 1.99. The number of rotatable bonds is 6. The van der Waals surface area contributed by atoms with E-state index < -0.39 is 22.9 Å². The van der Waals surface area contributed by atoms with Crippen molar-refractivity contribution in [3.63, 3.8) is 0 Å². The predicted molar refractivity (Wildman–Crippen MR) is 90.3 cm³/mol. The van der Waals surface area contributed by atoms with Gasteiger partial charge in [-0.3, -0.25) is 19.7 Å². The Kier molecular flexibility index (Phi) is 6.10. The van der Waals surface area contributed by atoms with E-state index in [0.717, 1.165) is 6.42 Å². The Morgan fingerprint density at radius 3 is 2.72 bits per heavy atom. The lowest BCUT2D eigenvalue weighted by Crippen LogP contribution is -2.32. The first-order valence-corrected chi connectivity index (χ1v) is 7.91. The topological polar surface area (TPSA) is 108 Å². The number of allylic oxidation sites excluding steroid dienone is 2. The molecule has 0 fully saturated rings. The van der Waals surface area contributed by atoms with Crippen LogP contribution in [0.1, 0.15) is 26.2 Å². The van der Waals surface area contributed by atoms with Gasteiger partial charge in [-0.2, -0.15) is 0 Å². The molecule has 0 bridgehead atoms. The van der Waals surface area contributed by atoms with Crippen LogP contribution in [-0.4, -0.2) is 30.0 Å². The maximum atomic E-state index is 12.2. The summed E-state index contributed by atoms with van der Waals surface area (Å²) in [6.45, 7) is 1.48. The Labute approximate surface area is 145 Å². The minimum atomic E-state index is -0.988. The van der Waals surface area contributed by atoms with Crippen LogP contribution in [0.3, 0.4) is 0 Å². The molecule has 25 heavy (non-hydrogen) atoms. The molecular formula is C17H20N2O6. The third-order valence-corrected chi connectivity index (χ3v) is 3.92. The number of ether oxygens (including phenoxy) is 2. The van der Waals surface area contributed by atoms with Crippen molar-refractivity contribution in [2.45, 2.75) is 32.3 Å². The minimum Gasteiger partial charge on any atom is -0.494 e. The van der Waals surface area contributed by atoms with Crippen molar-refractivity contribution < 1.29 is 24.0 Å². The molecule has 134 valence electrons. The molecule has 0 aromatic heterocycles. The number of nitrogens with one attached hydrogen (secondary N) is 1. The number of amides is 1. The van der Waals surface area contributed by atoms with Gasteiger partial charge >= 0.3 is 5.97 Å². The SMILES string of the molecule is COc1cc([N+](=O)[O-])ccc1NC(=O)[C@@H](C)OC(=O)[C@H]1CC=CCC1. The minimum absolute atomic E-state index is 0.151. The Hall–Kier alpha value is -2.90. The third kappa shape index (κ3) is 4.79. The fourth-order valence-electron chi connectivity index (χ4n) is 2.46. The van der Waals surface area contributed by atoms with E-state index in [1.54, 1.807) is 0 Å². The van der Waals surface area contributed by atoms with Crippen LogP contribution in [0.4, 0.5) is 11.4 Å². The van der Waals surface area contributed by atoms with Crippen LogP contribution >= 0.6 is 0 Å². The number of nitrogens with zero attached hydrogens (tertiary/aromatic N) is 1. The lowest BCUT2D eigenvalue weighted by Gasteiger charge is -2.20. The van der Waals surface area contributed by atoms with Crippen molar-refractivity contribution in [2.24, 2.45) is 5.92 Å². The fraction of sp³-hybridized carbons (Fsp3) is 0.412. The van der Waals surface area contributed by atoms with Crippen molar-refractivity contribution in [3.8, 4) is 5.75 Å². The Morgan fingerprint density at radius 2 is 2.12 bits per heavy atom. The fourth-order valence-corrected chi connectivity index (χ4v) is 2.46. The zero-order valence-corrected chi connectivity index (χ0v) is 14.1. The number of carbonyl (C=O) groups is 2. The van der Waals surface area contributed by atoms with Gasteiger partial charge in [-0.15, -0.1) is 0 Å². The lowest BCUT2D eigenvalue weighted by molar-refractivity contribution is -0.384. The highest BCUT2D eigenvalue weighted by Crippen LogP contribution is 2.29. The summed E-state index contributed by atoms with van der Waals surface area (Å²) in [4.78, 5) is 34.5. The molecule has 1 aliphatic rings. The number of hydrogen-bond donors (Lipinski definition) is 1. The maximum Gasteiger partial charge on any atom is 0.310 e. The normalized spacial score (nSPS) is 17.4. The predicted octanol–water partition coefficient (Wildman–Crippen LogP) is 2.83. The number of nitro benzene ring substituents is 1. The van der Waals surface area contributed by atoms with Gasteiger partial charge in [0.2, 0.25) is 0 Å². The number of nitro groups is 1. The van der Waals surface area contributed by atoms with Crippen molar-refractivity contribution in [1.29, 1.82) is 0 Å². The van der Waals surface area contributed by atoms with Crippen molar-refractivity contribution in [2.75, 3.05) is 12.4 Å². The molecule has 1 N–H and O–H groups in total. The zero-order valence-electron chi connectivity index (χ0n) is 14.1. The van der Waals surface area contributed by atoms with Crippen LogP contribution in [0.2, 0.25) is 0 Å². The van der Waals surface area contributed by atoms with E-state index in [9.17, 15) is 19.7 Å². The summed E-state index contributed by atoms with van der Waals surface area (Å²) in [5.41, 5.74) is 0.112. The molecule has 8 heteroatoms. The molecule has 1 amide bonds. The van der Waals surface area contributed by atoms with Crippen molar-refractivity contribution in [1.82, 2.24) is 0 Å². The standard InChI is InChI=1S/C17H20N2O6/c1-11(25-17(21)12-6-4-3-5-7-12)16(20)18-14-9-8-13(19(22)23)10-15(14)24-2/h3-4,8-12H,5-7H2,1-2H3,(H,18,20)/t11-,12+/m1/s1. The van der Waals surface area contributed by atoms with Gasteiger partial charge in [-0.1, -0.05) is 12.2 Å². The van der Waals surface area contributed by atoms with Gasteiger partial charge in [0.1, 0.15) is 5.75 Å². The van der Waals surface area contributed by atoms with Gasteiger partial charge in [0.25, 0.3) is 11.6 Å². The quantitative estimate of drug-likeness (QED) is 0.366. The van der Waals surface area contributed by atoms with E-state index in [2.05, 4.69) is 5.32 Å². The number of hydrogen-bond acceptors (Lipinski definition) is 6. The lowest BCUT2D eigenvalue weighted by atomic mass is 9.95. The molecule has 0 spiro atoms. The average Bonchev–Trinajstić information content (AvgIpc) is 2.62. The largest absolute Gasteiger partial charge is 0.494 e. The average molecular weight is 348 g/mol. The van der Waals surface area contributed by atoms with Crippen LogP contribution < -0.4 is 10.1 Å². The highest BCUT2D eigenvalue weighted by atomic mass is 16.6. The number of esters is 1. The highest BCUT2D eigenvalue weighted by molar-refractivity contribution is 5.96. The summed E-state index contributed by atoms with van der Waals surface area (Å²) in [6, 6.07) is 3.83. The zero-order chi connectivity index (χ0) is 18.4. The molecule has 0 aliphatic heterocycles. The van der Waals surface area contributed by atoms with E-state index in [0.29, 0.717) is 12.8 Å². The number of carbonyl (C=O) groups excluding carboxylic acids is 2. The molecule has 0 radical (unpaired) electrons. The molecule has 0 unspecified atom stereocenters. The molecule has 1 aromatic rings. The Bertz CT molecular complexity index is 700. The number of anilines is 1. The Morgan fingerprint density at radius 1 is 1.36 bits per heavy atom. The maximum absolute atomic E-state index is 12.2. The van der Waals surface area contributed by atoms with Crippen LogP contribution in [0.25, 0.3) is 0 Å². The van der Waals surface area contributed by atoms with E-state index >= 15 is 0 Å².